The van der Waals surface area contributed by atoms with Crippen LogP contribution >= 0.6 is 0 Å². The van der Waals surface area contributed by atoms with E-state index < -0.39 is 12.1 Å². The molecule has 0 aliphatic rings. The van der Waals surface area contributed by atoms with Crippen molar-refractivity contribution in [3.8, 4) is 0 Å². The van der Waals surface area contributed by atoms with Crippen LogP contribution in [0.4, 0.5) is 0 Å². The molecule has 0 aromatic rings. The van der Waals surface area contributed by atoms with Gasteiger partial charge in [0.25, 0.3) is 0 Å². The van der Waals surface area contributed by atoms with Crippen molar-refractivity contribution >= 4 is 11.9 Å². The Morgan fingerprint density at radius 3 is 1.65 bits per heavy atom. The summed E-state index contributed by atoms with van der Waals surface area (Å²) >= 11 is 0. The highest BCUT2D eigenvalue weighted by Crippen LogP contribution is 2.22. The van der Waals surface area contributed by atoms with Gasteiger partial charge in [0, 0.05) is 0 Å². The van der Waals surface area contributed by atoms with Crippen LogP contribution in [0.5, 0.6) is 0 Å². The second kappa shape index (κ2) is 15.7. The number of nitrogens with zero attached hydrogens (tertiary/aromatic N) is 1. The predicted octanol–water partition coefficient (Wildman–Crippen LogP) is 6.15. The van der Waals surface area contributed by atoms with E-state index in [0.717, 1.165) is 31.1 Å². The van der Waals surface area contributed by atoms with Crippen molar-refractivity contribution < 1.29 is 23.9 Å². The SMILES string of the molecule is CC(C)CCCC(C)CCCC(C)CCCC(C)C(=O)OC(CC(=O)O)C[N+](C)(C)C. The first-order valence-electron chi connectivity index (χ1n) is 12.5. The molecule has 31 heavy (non-hydrogen) atoms. The first-order chi connectivity index (χ1) is 14.3. The van der Waals surface area contributed by atoms with Gasteiger partial charge in [0.1, 0.15) is 6.54 Å². The number of quaternary nitrogens is 1. The van der Waals surface area contributed by atoms with Gasteiger partial charge in [-0.25, -0.2) is 0 Å². The molecule has 4 unspecified atom stereocenters. The molecule has 0 aliphatic carbocycles. The van der Waals surface area contributed by atoms with E-state index in [0.29, 0.717) is 16.9 Å². The van der Waals surface area contributed by atoms with Crippen LogP contribution in [0.2, 0.25) is 0 Å². The van der Waals surface area contributed by atoms with Crippen molar-refractivity contribution in [2.45, 2.75) is 105 Å². The zero-order valence-electron chi connectivity index (χ0n) is 21.8. The maximum atomic E-state index is 12.4. The van der Waals surface area contributed by atoms with Crippen LogP contribution in [0.15, 0.2) is 0 Å². The number of ether oxygens (including phenoxy) is 1. The van der Waals surface area contributed by atoms with E-state index in [2.05, 4.69) is 27.7 Å². The second-order valence-corrected chi connectivity index (χ2v) is 11.4. The van der Waals surface area contributed by atoms with Crippen LogP contribution in [0.3, 0.4) is 0 Å². The highest BCUT2D eigenvalue weighted by atomic mass is 16.5. The van der Waals surface area contributed by atoms with E-state index >= 15 is 0 Å². The molecular weight excluding hydrogens is 390 g/mol. The van der Waals surface area contributed by atoms with Gasteiger partial charge < -0.3 is 14.3 Å². The molecule has 0 fully saturated rings. The van der Waals surface area contributed by atoms with Gasteiger partial charge in [-0.1, -0.05) is 86.0 Å². The smallest absolute Gasteiger partial charge is 0.309 e. The number of aliphatic carboxylic acids is 1. The Labute approximate surface area is 192 Å². The molecule has 0 radical (unpaired) electrons. The number of esters is 1. The highest BCUT2D eigenvalue weighted by molar-refractivity contribution is 5.73. The van der Waals surface area contributed by atoms with Gasteiger partial charge >= 0.3 is 11.9 Å². The molecule has 0 spiro atoms. The number of carbonyl (C=O) groups is 2. The van der Waals surface area contributed by atoms with Crippen molar-refractivity contribution in [1.82, 2.24) is 0 Å². The fourth-order valence-corrected chi connectivity index (χ4v) is 4.10. The number of rotatable bonds is 18. The normalized spacial score (nSPS) is 16.0. The van der Waals surface area contributed by atoms with Crippen LogP contribution in [-0.2, 0) is 14.3 Å². The molecule has 4 atom stereocenters. The predicted molar refractivity (Wildman–Crippen MR) is 129 cm³/mol. The largest absolute Gasteiger partial charge is 0.481 e. The van der Waals surface area contributed by atoms with Crippen molar-refractivity contribution in [2.24, 2.45) is 23.7 Å². The fourth-order valence-electron chi connectivity index (χ4n) is 4.10. The second-order valence-electron chi connectivity index (χ2n) is 11.4. The van der Waals surface area contributed by atoms with Crippen molar-refractivity contribution in [2.75, 3.05) is 27.7 Å². The van der Waals surface area contributed by atoms with Crippen molar-refractivity contribution in [3.05, 3.63) is 0 Å². The van der Waals surface area contributed by atoms with Crippen LogP contribution in [-0.4, -0.2) is 55.3 Å². The number of carbonyl (C=O) groups excluding carboxylic acids is 1. The van der Waals surface area contributed by atoms with E-state index in [1.807, 2.05) is 28.1 Å². The summed E-state index contributed by atoms with van der Waals surface area (Å²) in [7, 11) is 5.92. The van der Waals surface area contributed by atoms with Crippen molar-refractivity contribution in [1.29, 1.82) is 0 Å². The summed E-state index contributed by atoms with van der Waals surface area (Å²) in [5.74, 6) is 0.948. The quantitative estimate of drug-likeness (QED) is 0.204. The van der Waals surface area contributed by atoms with Gasteiger partial charge in [-0.05, 0) is 24.2 Å². The maximum Gasteiger partial charge on any atom is 0.309 e. The number of carboxylic acid groups (broad SMARTS) is 1. The molecule has 0 amide bonds. The summed E-state index contributed by atoms with van der Waals surface area (Å²) in [6, 6.07) is 0. The van der Waals surface area contributed by atoms with Crippen LogP contribution in [0, 0.1) is 23.7 Å². The lowest BCUT2D eigenvalue weighted by molar-refractivity contribution is -0.873. The molecule has 0 aromatic heterocycles. The summed E-state index contributed by atoms with van der Waals surface area (Å²) in [4.78, 5) is 23.6. The summed E-state index contributed by atoms with van der Waals surface area (Å²) in [6.45, 7) is 11.7. The third kappa shape index (κ3) is 18.2. The Kier molecular flexibility index (Phi) is 15.1. The van der Waals surface area contributed by atoms with Gasteiger partial charge in [0.2, 0.25) is 0 Å². The highest BCUT2D eigenvalue weighted by Gasteiger charge is 2.26. The molecule has 0 saturated heterocycles. The third-order valence-corrected chi connectivity index (χ3v) is 6.05. The minimum Gasteiger partial charge on any atom is -0.481 e. The molecular formula is C26H52NO4+. The monoisotopic (exact) mass is 442 g/mol. The molecule has 5 nitrogen and oxygen atoms in total. The molecule has 184 valence electrons. The molecule has 0 aliphatic heterocycles. The maximum absolute atomic E-state index is 12.4. The number of hydrogen-bond acceptors (Lipinski definition) is 3. The minimum atomic E-state index is -0.929. The van der Waals surface area contributed by atoms with Gasteiger partial charge in [-0.2, -0.15) is 0 Å². The lowest BCUT2D eigenvalue weighted by Crippen LogP contribution is -2.44. The molecule has 0 saturated carbocycles. The average Bonchev–Trinajstić information content (AvgIpc) is 2.59. The standard InChI is InChI=1S/C26H51NO4/c1-20(2)12-9-13-21(3)14-10-15-22(4)16-11-17-23(5)26(30)31-24(18-25(28)29)19-27(6,7)8/h20-24H,9-19H2,1-8H3/p+1. The Bertz CT molecular complexity index is 498. The average molecular weight is 443 g/mol. The fraction of sp³-hybridized carbons (Fsp3) is 0.923. The molecule has 0 aromatic carbocycles. The first kappa shape index (κ1) is 29.9. The lowest BCUT2D eigenvalue weighted by atomic mass is 9.91. The van der Waals surface area contributed by atoms with E-state index in [1.165, 1.54) is 38.5 Å². The molecule has 0 heterocycles. The van der Waals surface area contributed by atoms with Gasteiger partial charge in [0.15, 0.2) is 6.10 Å². The topological polar surface area (TPSA) is 63.6 Å². The number of likely N-dealkylation sites (N-methyl/N-ethyl adjacent to an activating group) is 1. The van der Waals surface area contributed by atoms with Gasteiger partial charge in [-0.15, -0.1) is 0 Å². The third-order valence-electron chi connectivity index (χ3n) is 6.05. The zero-order valence-corrected chi connectivity index (χ0v) is 21.8. The lowest BCUT2D eigenvalue weighted by Gasteiger charge is -2.29. The van der Waals surface area contributed by atoms with Gasteiger partial charge in [0.05, 0.1) is 33.5 Å². The molecule has 0 rings (SSSR count). The Morgan fingerprint density at radius 1 is 0.774 bits per heavy atom. The Balaban J connectivity index is 4.12. The molecule has 1 N–H and O–H groups in total. The summed E-state index contributed by atoms with van der Waals surface area (Å²) in [6.07, 6.45) is 10.2. The Morgan fingerprint density at radius 2 is 1.23 bits per heavy atom. The van der Waals surface area contributed by atoms with E-state index in [9.17, 15) is 9.59 Å². The van der Waals surface area contributed by atoms with E-state index in [1.54, 1.807) is 0 Å². The first-order valence-corrected chi connectivity index (χ1v) is 12.5. The molecule has 0 bridgehead atoms. The van der Waals surface area contributed by atoms with Crippen LogP contribution in [0.1, 0.15) is 98.8 Å². The molecule has 5 heteroatoms. The van der Waals surface area contributed by atoms with Crippen LogP contribution in [0.25, 0.3) is 0 Å². The Hall–Kier alpha value is -1.10. The van der Waals surface area contributed by atoms with Gasteiger partial charge in [-0.3, -0.25) is 9.59 Å². The van der Waals surface area contributed by atoms with Crippen molar-refractivity contribution in [3.63, 3.8) is 0 Å². The summed E-state index contributed by atoms with van der Waals surface area (Å²) < 4.78 is 6.12. The summed E-state index contributed by atoms with van der Waals surface area (Å²) in [5, 5.41) is 9.11. The number of hydrogen-bond donors (Lipinski definition) is 1. The van der Waals surface area contributed by atoms with E-state index in [4.69, 9.17) is 9.84 Å². The van der Waals surface area contributed by atoms with Crippen LogP contribution < -0.4 is 0 Å². The summed E-state index contributed by atoms with van der Waals surface area (Å²) in [5.41, 5.74) is 0. The minimum absolute atomic E-state index is 0.138. The number of carboxylic acids is 1. The zero-order chi connectivity index (χ0) is 24.0. The van der Waals surface area contributed by atoms with E-state index in [-0.39, 0.29) is 18.3 Å².